The van der Waals surface area contributed by atoms with Crippen LogP contribution in [0.4, 0.5) is 4.39 Å². The largest absolute Gasteiger partial charge is 0.467 e. The van der Waals surface area contributed by atoms with Crippen LogP contribution in [-0.4, -0.2) is 30.6 Å². The molecule has 0 spiro atoms. The molecule has 2 heterocycles. The fourth-order valence-corrected chi connectivity index (χ4v) is 2.65. The van der Waals surface area contributed by atoms with E-state index in [1.54, 1.807) is 30.7 Å². The van der Waals surface area contributed by atoms with Crippen LogP contribution in [0, 0.1) is 5.82 Å². The molecule has 9 heteroatoms. The van der Waals surface area contributed by atoms with Crippen LogP contribution < -0.4 is 15.4 Å². The van der Waals surface area contributed by atoms with Crippen LogP contribution >= 0.6 is 24.0 Å². The molecule has 32 heavy (non-hydrogen) atoms. The fourth-order valence-electron chi connectivity index (χ4n) is 2.65. The van der Waals surface area contributed by atoms with Gasteiger partial charge in [0.25, 0.3) is 0 Å². The van der Waals surface area contributed by atoms with Gasteiger partial charge >= 0.3 is 0 Å². The number of guanidine groups is 1. The molecule has 3 aromatic rings. The second kappa shape index (κ2) is 14.4. The summed E-state index contributed by atoms with van der Waals surface area (Å²) in [6, 6.07) is 13.2. The zero-order valence-corrected chi connectivity index (χ0v) is 20.3. The Hall–Kier alpha value is -2.66. The summed E-state index contributed by atoms with van der Waals surface area (Å²) in [5, 5.41) is 6.51. The number of rotatable bonds is 11. The van der Waals surface area contributed by atoms with E-state index in [0.29, 0.717) is 31.4 Å². The van der Waals surface area contributed by atoms with E-state index < -0.39 is 0 Å². The van der Waals surface area contributed by atoms with E-state index in [4.69, 9.17) is 13.9 Å². The number of hydrogen-bond donors (Lipinski definition) is 2. The van der Waals surface area contributed by atoms with E-state index in [2.05, 4.69) is 20.6 Å². The molecule has 172 valence electrons. The van der Waals surface area contributed by atoms with Crippen molar-refractivity contribution in [2.45, 2.75) is 26.5 Å². The summed E-state index contributed by atoms with van der Waals surface area (Å²) in [5.41, 5.74) is 0.949. The Morgan fingerprint density at radius 1 is 1.12 bits per heavy atom. The number of pyridine rings is 1. The molecule has 1 aromatic carbocycles. The minimum absolute atomic E-state index is 0. The standard InChI is InChI=1S/C23H27FN4O3.HI/c1-2-25-23(26-12-4-13-29-17-21-5-3-14-30-21)28-16-18-6-11-22(27-15-18)31-20-9-7-19(24)8-10-20;/h3,5-11,14-15H,2,4,12-13,16-17H2,1H3,(H2,25,26,28);1H. The molecular weight excluding hydrogens is 526 g/mol. The van der Waals surface area contributed by atoms with Crippen molar-refractivity contribution in [1.82, 2.24) is 15.6 Å². The third-order valence-corrected chi connectivity index (χ3v) is 4.18. The molecule has 0 aliphatic rings. The van der Waals surface area contributed by atoms with Crippen molar-refractivity contribution in [2.75, 3.05) is 19.7 Å². The van der Waals surface area contributed by atoms with E-state index in [1.165, 1.54) is 12.1 Å². The van der Waals surface area contributed by atoms with Crippen molar-refractivity contribution in [3.05, 3.63) is 78.1 Å². The van der Waals surface area contributed by atoms with Gasteiger partial charge in [-0.3, -0.25) is 0 Å². The maximum Gasteiger partial charge on any atom is 0.219 e. The Bertz CT molecular complexity index is 919. The highest BCUT2D eigenvalue weighted by Gasteiger charge is 2.02. The average Bonchev–Trinajstić information content (AvgIpc) is 3.30. The van der Waals surface area contributed by atoms with Crippen LogP contribution in [0.5, 0.6) is 11.6 Å². The van der Waals surface area contributed by atoms with E-state index in [-0.39, 0.29) is 29.8 Å². The van der Waals surface area contributed by atoms with Gasteiger partial charge in [-0.05, 0) is 55.3 Å². The van der Waals surface area contributed by atoms with Gasteiger partial charge in [0.15, 0.2) is 5.96 Å². The smallest absolute Gasteiger partial charge is 0.219 e. The number of ether oxygens (including phenoxy) is 2. The first-order valence-corrected chi connectivity index (χ1v) is 10.2. The molecule has 7 nitrogen and oxygen atoms in total. The van der Waals surface area contributed by atoms with Gasteiger partial charge in [0.1, 0.15) is 23.9 Å². The summed E-state index contributed by atoms with van der Waals surface area (Å²) in [6.45, 7) is 5.12. The first kappa shape index (κ1) is 25.6. The van der Waals surface area contributed by atoms with Crippen LogP contribution in [0.1, 0.15) is 24.7 Å². The monoisotopic (exact) mass is 554 g/mol. The lowest BCUT2D eigenvalue weighted by Gasteiger charge is -2.11. The molecule has 0 bridgehead atoms. The molecule has 0 fully saturated rings. The molecule has 0 aliphatic carbocycles. The molecule has 2 aromatic heterocycles. The maximum absolute atomic E-state index is 13.0. The maximum atomic E-state index is 13.0. The van der Waals surface area contributed by atoms with Gasteiger partial charge in [-0.1, -0.05) is 6.07 Å². The van der Waals surface area contributed by atoms with Crippen molar-refractivity contribution < 1.29 is 18.3 Å². The number of furan rings is 1. The molecule has 3 rings (SSSR count). The Morgan fingerprint density at radius 2 is 1.97 bits per heavy atom. The van der Waals surface area contributed by atoms with Gasteiger partial charge in [0.05, 0.1) is 12.8 Å². The highest BCUT2D eigenvalue weighted by Crippen LogP contribution is 2.19. The fraction of sp³-hybridized carbons (Fsp3) is 0.304. The predicted octanol–water partition coefficient (Wildman–Crippen LogP) is 4.89. The van der Waals surface area contributed by atoms with Crippen molar-refractivity contribution >= 4 is 29.9 Å². The Kier molecular flexibility index (Phi) is 11.5. The molecular formula is C23H28FIN4O3. The van der Waals surface area contributed by atoms with Gasteiger partial charge in [0.2, 0.25) is 5.88 Å². The van der Waals surface area contributed by atoms with Crippen molar-refractivity contribution in [3.8, 4) is 11.6 Å². The summed E-state index contributed by atoms with van der Waals surface area (Å²) >= 11 is 0. The zero-order valence-electron chi connectivity index (χ0n) is 17.9. The number of benzene rings is 1. The van der Waals surface area contributed by atoms with Gasteiger partial charge in [-0.15, -0.1) is 24.0 Å². The van der Waals surface area contributed by atoms with E-state index in [1.807, 2.05) is 25.1 Å². The SMILES string of the molecule is CCNC(=NCc1ccc(Oc2ccc(F)cc2)nc1)NCCCOCc1ccco1.I. The zero-order chi connectivity index (χ0) is 21.7. The molecule has 0 radical (unpaired) electrons. The van der Waals surface area contributed by atoms with Crippen LogP contribution in [0.25, 0.3) is 0 Å². The highest BCUT2D eigenvalue weighted by molar-refractivity contribution is 14.0. The van der Waals surface area contributed by atoms with Crippen LogP contribution in [-0.2, 0) is 17.9 Å². The van der Waals surface area contributed by atoms with Crippen LogP contribution in [0.15, 0.2) is 70.4 Å². The molecule has 0 atom stereocenters. The third kappa shape index (κ3) is 9.23. The number of halogens is 2. The third-order valence-electron chi connectivity index (χ3n) is 4.18. The Labute approximate surface area is 204 Å². The quantitative estimate of drug-likeness (QED) is 0.152. The van der Waals surface area contributed by atoms with Crippen molar-refractivity contribution in [2.24, 2.45) is 4.99 Å². The first-order chi connectivity index (χ1) is 15.2. The minimum atomic E-state index is -0.306. The summed E-state index contributed by atoms with van der Waals surface area (Å²) in [5.74, 6) is 2.23. The summed E-state index contributed by atoms with van der Waals surface area (Å²) in [6.07, 6.45) is 4.21. The molecule has 0 unspecified atom stereocenters. The van der Waals surface area contributed by atoms with Crippen LogP contribution in [0.3, 0.4) is 0 Å². The van der Waals surface area contributed by atoms with Gasteiger partial charge < -0.3 is 24.5 Å². The minimum Gasteiger partial charge on any atom is -0.467 e. The molecule has 0 saturated carbocycles. The second-order valence-electron chi connectivity index (χ2n) is 6.67. The lowest BCUT2D eigenvalue weighted by Crippen LogP contribution is -2.38. The lowest BCUT2D eigenvalue weighted by molar-refractivity contribution is 0.105. The second-order valence-corrected chi connectivity index (χ2v) is 6.67. The summed E-state index contributed by atoms with van der Waals surface area (Å²) in [7, 11) is 0. The normalized spacial score (nSPS) is 11.0. The molecule has 0 aliphatic heterocycles. The highest BCUT2D eigenvalue weighted by atomic mass is 127. The Balaban J connectivity index is 0.00000363. The summed E-state index contributed by atoms with van der Waals surface area (Å²) < 4.78 is 29.4. The number of aliphatic imine (C=N–C) groups is 1. The topological polar surface area (TPSA) is 80.9 Å². The van der Waals surface area contributed by atoms with Crippen molar-refractivity contribution in [1.29, 1.82) is 0 Å². The number of nitrogens with zero attached hydrogens (tertiary/aromatic N) is 2. The van der Waals surface area contributed by atoms with Gasteiger partial charge in [-0.25, -0.2) is 14.4 Å². The van der Waals surface area contributed by atoms with Crippen LogP contribution in [0.2, 0.25) is 0 Å². The molecule has 0 amide bonds. The Morgan fingerprint density at radius 3 is 2.66 bits per heavy atom. The molecule has 0 saturated heterocycles. The van der Waals surface area contributed by atoms with Gasteiger partial charge in [0, 0.05) is 32.0 Å². The molecule has 2 N–H and O–H groups in total. The van der Waals surface area contributed by atoms with E-state index in [9.17, 15) is 4.39 Å². The first-order valence-electron chi connectivity index (χ1n) is 10.2. The van der Waals surface area contributed by atoms with E-state index in [0.717, 1.165) is 36.8 Å². The number of hydrogen-bond acceptors (Lipinski definition) is 5. The average molecular weight is 554 g/mol. The number of aromatic nitrogens is 1. The van der Waals surface area contributed by atoms with Crippen molar-refractivity contribution in [3.63, 3.8) is 0 Å². The lowest BCUT2D eigenvalue weighted by atomic mass is 10.3. The predicted molar refractivity (Wildman–Crippen MR) is 132 cm³/mol. The number of nitrogens with one attached hydrogen (secondary N) is 2. The van der Waals surface area contributed by atoms with E-state index >= 15 is 0 Å². The van der Waals surface area contributed by atoms with Gasteiger partial charge in [-0.2, -0.15) is 0 Å². The summed E-state index contributed by atoms with van der Waals surface area (Å²) in [4.78, 5) is 8.87.